The Bertz CT molecular complexity index is 4020. The van der Waals surface area contributed by atoms with Crippen molar-refractivity contribution in [3.63, 3.8) is 0 Å². The number of alkyl halides is 1. The number of ether oxygens (including phenoxy) is 11. The Balaban J connectivity index is 0.000000125. The Morgan fingerprint density at radius 3 is 1.31 bits per heavy atom. The summed E-state index contributed by atoms with van der Waals surface area (Å²) < 4.78 is 63.1. The van der Waals surface area contributed by atoms with Crippen molar-refractivity contribution in [2.24, 2.45) is 11.8 Å². The number of hydrogen-bond acceptors (Lipinski definition) is 24. The SMILES string of the molecule is CC12CCC(C(=O)C1Br)C1(CCC3(CC1)OCCO3)O2.CC1=CC(=O)C(C2(O)CCC3(CC2)OCCO3)CC1.CC1=CC(=O)CCC1.Cc1ccc(C2=CCC3(CC2)OCCO3)c(O)c1.O=C1C=C(O)CCC1.O=C1CCC(c2ccc(O)cc2O)CC1.O=C1CCC2(CC1)OCCO2.Oc1ccc(C2CCC3(CC2)OCCO3)c(O)c1. The van der Waals surface area contributed by atoms with Crippen molar-refractivity contribution < 1.29 is 117 Å². The van der Waals surface area contributed by atoms with E-state index in [1.54, 1.807) is 30.4 Å². The molecule has 25 heteroatoms. The Labute approximate surface area is 695 Å². The van der Waals surface area contributed by atoms with Gasteiger partial charge in [0.05, 0.1) is 94.5 Å². The fourth-order valence-corrected chi connectivity index (χ4v) is 20.2. The molecule has 6 saturated carbocycles. The number of aromatic hydroxyl groups is 5. The van der Waals surface area contributed by atoms with Crippen LogP contribution in [0.1, 0.15) is 267 Å². The van der Waals surface area contributed by atoms with Crippen molar-refractivity contribution in [3.8, 4) is 28.7 Å². The van der Waals surface area contributed by atoms with E-state index in [-0.39, 0.29) is 97.3 Å². The highest BCUT2D eigenvalue weighted by molar-refractivity contribution is 9.10. The van der Waals surface area contributed by atoms with Gasteiger partial charge in [-0.2, -0.15) is 0 Å². The summed E-state index contributed by atoms with van der Waals surface area (Å²) in [6.45, 7) is 14.9. The van der Waals surface area contributed by atoms with Crippen LogP contribution >= 0.6 is 15.9 Å². The van der Waals surface area contributed by atoms with E-state index in [0.717, 1.165) is 176 Å². The van der Waals surface area contributed by atoms with E-state index >= 15 is 0 Å². The van der Waals surface area contributed by atoms with Crippen molar-refractivity contribution >= 4 is 56.2 Å². The average Bonchev–Trinajstić information content (AvgIpc) is 1.59. The number of benzene rings is 3. The van der Waals surface area contributed by atoms with Crippen LogP contribution in [-0.4, -0.2) is 187 Å². The molecule has 24 nitrogen and oxygen atoms in total. The second-order valence-electron chi connectivity index (χ2n) is 34.8. The predicted octanol–water partition coefficient (Wildman–Crippen LogP) is 16.1. The van der Waals surface area contributed by atoms with Gasteiger partial charge in [-0.05, 0) is 195 Å². The molecule has 117 heavy (non-hydrogen) atoms. The van der Waals surface area contributed by atoms with Gasteiger partial charge in [-0.3, -0.25) is 28.8 Å². The first kappa shape index (κ1) is 89.7. The Morgan fingerprint density at radius 1 is 0.402 bits per heavy atom. The standard InChI is InChI=1S/C15H21BrO4.C15H22O4.C15H18O3.C14H18O4.C12H14O3.C8H12O3.C7H10O.C6H8O2/c1-13-3-2-10(11(17)12(13)16)14(20-13)4-6-15(7-5-14)18-8-9-19-15;1-11-2-3-12(13(16)10-11)14(17)4-6-15(7-5-14)18-8-9-19-15;1-11-2-3-13(14(16)10-11)12-4-6-15(7-5-12)17-8-9-18-15;15-11-1-2-12(13(16)9-11)10-3-5-14(6-4-10)17-7-8-18-14;13-9-3-1-8(2-4-9)11-6-5-10(14)7-12(11)15;9-7-1-3-8(4-2-7)10-5-6-11-8;1-6-3-2-4-7(8)5-6;7-5-2-1-3-6(8)4-5/h10,12H,2-9H2,1H3;10,12,17H,2-9H2,1H3;2-4,10,16H,5-9H2,1H3;1-2,9-10,15-16H,3-8H2;5-8,14-15H,1-4H2;1-6H2;5H,2-4H2,1H3;4,7H,1-3H2. The first-order valence-electron chi connectivity index (χ1n) is 42.8. The van der Waals surface area contributed by atoms with Gasteiger partial charge in [0.25, 0.3) is 0 Å². The van der Waals surface area contributed by atoms with Crippen LogP contribution in [-0.2, 0) is 80.9 Å². The lowest BCUT2D eigenvalue weighted by Gasteiger charge is -2.60. The summed E-state index contributed by atoms with van der Waals surface area (Å²) in [4.78, 5) is 67.6. The number of aliphatic hydroxyl groups excluding tert-OH is 1. The molecule has 7 N–H and O–H groups in total. The monoisotopic (exact) mass is 1690 g/mol. The van der Waals surface area contributed by atoms with Crippen LogP contribution in [0.3, 0.4) is 0 Å². The van der Waals surface area contributed by atoms with Gasteiger partial charge in [0.15, 0.2) is 52.1 Å². The van der Waals surface area contributed by atoms with Crippen molar-refractivity contribution in [2.75, 3.05) is 66.1 Å². The molecule has 7 heterocycles. The third-order valence-electron chi connectivity index (χ3n) is 26.4. The normalized spacial score (nSPS) is 28.1. The number of carbonyl (C=O) groups is 6. The molecular formula is C92H123BrO24. The number of fused-ring (bicyclic) bond motifs is 2. The Morgan fingerprint density at radius 2 is 0.863 bits per heavy atom. The number of aryl methyl sites for hydroxylation is 1. The highest BCUT2D eigenvalue weighted by atomic mass is 79.9. The molecular weight excluding hydrogens is 1570 g/mol. The summed E-state index contributed by atoms with van der Waals surface area (Å²) >= 11 is 3.55. The number of phenols is 5. The van der Waals surface area contributed by atoms with Crippen LogP contribution in [0.15, 0.2) is 95.8 Å². The highest BCUT2D eigenvalue weighted by Gasteiger charge is 2.64. The molecule has 7 aliphatic heterocycles. The van der Waals surface area contributed by atoms with Crippen LogP contribution in [0.25, 0.3) is 5.57 Å². The van der Waals surface area contributed by atoms with Crippen LogP contribution < -0.4 is 0 Å². The summed E-state index contributed by atoms with van der Waals surface area (Å²) in [6, 6.07) is 15.3. The number of aliphatic hydroxyl groups is 2. The van der Waals surface area contributed by atoms with Crippen molar-refractivity contribution in [2.45, 2.75) is 302 Å². The summed E-state index contributed by atoms with van der Waals surface area (Å²) in [5.41, 5.74) is 5.86. The molecule has 642 valence electrons. The molecule has 0 aromatic heterocycles. The predicted molar refractivity (Wildman–Crippen MR) is 437 cm³/mol. The number of allylic oxidation sites excluding steroid dienone is 7. The first-order valence-corrected chi connectivity index (χ1v) is 43.8. The first-order chi connectivity index (χ1) is 55.9. The number of halogens is 1. The second-order valence-corrected chi connectivity index (χ2v) is 35.7. The Kier molecular flexibility index (Phi) is 30.3. The van der Waals surface area contributed by atoms with Gasteiger partial charge in [0.2, 0.25) is 0 Å². The number of carbonyl (C=O) groups excluding carboxylic acids is 6. The van der Waals surface area contributed by atoms with E-state index < -0.39 is 11.4 Å². The topological polar surface area (TPSA) is 346 Å². The van der Waals surface area contributed by atoms with E-state index in [1.165, 1.54) is 29.4 Å². The lowest BCUT2D eigenvalue weighted by molar-refractivity contribution is -0.273. The molecule has 3 aromatic rings. The number of Topliss-reactive ketones (excluding diaryl/α,β-unsaturated/α-hetero) is 3. The minimum absolute atomic E-state index is 0.0486. The molecule has 13 fully saturated rings. The van der Waals surface area contributed by atoms with Crippen LogP contribution in [0.5, 0.6) is 28.7 Å². The van der Waals surface area contributed by atoms with Crippen molar-refractivity contribution in [1.29, 1.82) is 0 Å². The van der Waals surface area contributed by atoms with Crippen LogP contribution in [0, 0.1) is 18.8 Å². The van der Waals surface area contributed by atoms with Crippen LogP contribution in [0.2, 0.25) is 0 Å². The largest absolute Gasteiger partial charge is 0.512 e. The molecule has 0 amide bonds. The molecule has 7 saturated heterocycles. The third kappa shape index (κ3) is 23.0. The lowest BCUT2D eigenvalue weighted by atomic mass is 9.61. The maximum Gasteiger partial charge on any atom is 0.172 e. The van der Waals surface area contributed by atoms with Gasteiger partial charge in [-0.25, -0.2) is 0 Å². The molecule has 4 atom stereocenters. The van der Waals surface area contributed by atoms with Gasteiger partial charge in [0, 0.05) is 139 Å². The number of ketones is 6. The van der Waals surface area contributed by atoms with Gasteiger partial charge >= 0.3 is 0 Å². The zero-order valence-electron chi connectivity index (χ0n) is 68.7. The molecule has 20 rings (SSSR count). The van der Waals surface area contributed by atoms with Gasteiger partial charge < -0.3 is 87.9 Å². The van der Waals surface area contributed by atoms with Crippen molar-refractivity contribution in [3.05, 3.63) is 118 Å². The number of hydrogen-bond donors (Lipinski definition) is 7. The zero-order chi connectivity index (χ0) is 83.2. The zero-order valence-corrected chi connectivity index (χ0v) is 70.3. The van der Waals surface area contributed by atoms with Gasteiger partial charge in [-0.1, -0.05) is 57.4 Å². The van der Waals surface area contributed by atoms with Crippen LogP contribution in [0.4, 0.5) is 0 Å². The van der Waals surface area contributed by atoms with Gasteiger partial charge in [0.1, 0.15) is 45.1 Å². The molecule has 3 aromatic carbocycles. The summed E-state index contributed by atoms with van der Waals surface area (Å²) in [5, 5.41) is 67.6. The van der Waals surface area contributed by atoms with E-state index in [9.17, 15) is 54.3 Å². The number of rotatable bonds is 4. The fourth-order valence-electron chi connectivity index (χ4n) is 19.6. The minimum Gasteiger partial charge on any atom is -0.512 e. The fraction of sp³-hybridized carbons (Fsp3) is 0.652. The third-order valence-corrected chi connectivity index (χ3v) is 27.8. The lowest BCUT2D eigenvalue weighted by Crippen LogP contribution is -2.68. The average molecular weight is 1690 g/mol. The summed E-state index contributed by atoms with van der Waals surface area (Å²) in [6.07, 6.45) is 33.3. The molecule has 10 aliphatic carbocycles. The Hall–Kier alpha value is -6.56. The van der Waals surface area contributed by atoms with E-state index in [0.29, 0.717) is 165 Å². The molecule has 2 bridgehead atoms. The maximum atomic E-state index is 12.6. The van der Waals surface area contributed by atoms with Gasteiger partial charge in [-0.15, -0.1) is 0 Å². The summed E-state index contributed by atoms with van der Waals surface area (Å²) in [7, 11) is 0. The second kappa shape index (κ2) is 39.5. The molecule has 17 aliphatic rings. The van der Waals surface area contributed by atoms with E-state index in [2.05, 4.69) is 28.9 Å². The van der Waals surface area contributed by atoms with E-state index in [1.807, 2.05) is 45.0 Å². The molecule has 6 spiro atoms. The molecule has 4 unspecified atom stereocenters. The summed E-state index contributed by atoms with van der Waals surface area (Å²) in [5.74, 6) is 0.944. The minimum atomic E-state index is -0.866. The van der Waals surface area contributed by atoms with E-state index in [4.69, 9.17) is 62.3 Å². The highest BCUT2D eigenvalue weighted by Crippen LogP contribution is 2.58. The number of phenolic OH excluding ortho intramolecular Hbond substituents is 5. The molecule has 0 radical (unpaired) electrons. The smallest absolute Gasteiger partial charge is 0.172 e. The van der Waals surface area contributed by atoms with Crippen molar-refractivity contribution in [1.82, 2.24) is 0 Å². The quantitative estimate of drug-likeness (QED) is 0.119. The maximum absolute atomic E-state index is 12.6.